The number of H-pyrrole nitrogens is 2. The number of aromatic amines is 2. The van der Waals surface area contributed by atoms with Crippen LogP contribution in [0, 0.1) is 0 Å². The Morgan fingerprint density at radius 3 is 1.27 bits per heavy atom. The second-order valence-corrected chi connectivity index (χ2v) is 5.96. The quantitative estimate of drug-likeness (QED) is 0.407. The molecule has 0 bridgehead atoms. The summed E-state index contributed by atoms with van der Waals surface area (Å²) in [6, 6.07) is 26.2. The molecule has 4 rings (SSSR count). The fourth-order valence-electron chi connectivity index (χ4n) is 2.87. The minimum atomic E-state index is -0.561. The summed E-state index contributed by atoms with van der Waals surface area (Å²) < 4.78 is 0. The van der Waals surface area contributed by atoms with Gasteiger partial charge in [-0.1, -0.05) is 60.7 Å². The maximum Gasteiger partial charge on any atom is 0.251 e. The molecule has 0 atom stereocenters. The van der Waals surface area contributed by atoms with E-state index in [0.29, 0.717) is 0 Å². The van der Waals surface area contributed by atoms with E-state index in [1.165, 1.54) is 0 Å². The van der Waals surface area contributed by atoms with Crippen molar-refractivity contribution in [2.24, 2.45) is 0 Å². The molecule has 0 unspecified atom stereocenters. The van der Waals surface area contributed by atoms with Crippen molar-refractivity contribution < 1.29 is 9.59 Å². The Balaban J connectivity index is 1.57. The molecule has 0 spiro atoms. The number of carbonyl (C=O) groups is 2. The van der Waals surface area contributed by atoms with Gasteiger partial charge < -0.3 is 9.97 Å². The largest absolute Gasteiger partial charge is 0.352 e. The van der Waals surface area contributed by atoms with Crippen molar-refractivity contribution in [2.45, 2.75) is 0 Å². The summed E-state index contributed by atoms with van der Waals surface area (Å²) >= 11 is 0. The van der Waals surface area contributed by atoms with E-state index in [1.807, 2.05) is 60.7 Å². The Morgan fingerprint density at radius 2 is 0.885 bits per heavy atom. The topological polar surface area (TPSA) is 65.7 Å². The van der Waals surface area contributed by atoms with E-state index < -0.39 is 11.6 Å². The van der Waals surface area contributed by atoms with Crippen molar-refractivity contribution in [3.63, 3.8) is 0 Å². The molecule has 0 fully saturated rings. The van der Waals surface area contributed by atoms with Crippen molar-refractivity contribution in [3.8, 4) is 22.5 Å². The number of hydrogen-bond acceptors (Lipinski definition) is 2. The normalized spacial score (nSPS) is 10.6. The second-order valence-electron chi connectivity index (χ2n) is 5.96. The average Bonchev–Trinajstić information content (AvgIpc) is 3.38. The van der Waals surface area contributed by atoms with Crippen LogP contribution >= 0.6 is 0 Å². The van der Waals surface area contributed by atoms with Gasteiger partial charge in [0, 0.05) is 11.4 Å². The van der Waals surface area contributed by atoms with Crippen molar-refractivity contribution >= 4 is 11.6 Å². The third kappa shape index (κ3) is 3.00. The smallest absolute Gasteiger partial charge is 0.251 e. The van der Waals surface area contributed by atoms with E-state index in [4.69, 9.17) is 0 Å². The lowest BCUT2D eigenvalue weighted by atomic mass is 10.1. The Kier molecular flexibility index (Phi) is 4.07. The maximum absolute atomic E-state index is 12.5. The first-order valence-corrected chi connectivity index (χ1v) is 8.30. The van der Waals surface area contributed by atoms with Crippen LogP contribution in [0.3, 0.4) is 0 Å². The molecule has 2 heterocycles. The van der Waals surface area contributed by atoms with Gasteiger partial charge in [-0.25, -0.2) is 0 Å². The fourth-order valence-corrected chi connectivity index (χ4v) is 2.87. The van der Waals surface area contributed by atoms with Gasteiger partial charge in [-0.15, -0.1) is 0 Å². The van der Waals surface area contributed by atoms with Crippen LogP contribution in [-0.4, -0.2) is 21.5 Å². The molecular formula is C22H16N2O2. The van der Waals surface area contributed by atoms with Gasteiger partial charge in [-0.2, -0.15) is 0 Å². The van der Waals surface area contributed by atoms with Crippen LogP contribution < -0.4 is 0 Å². The van der Waals surface area contributed by atoms with E-state index >= 15 is 0 Å². The number of nitrogens with one attached hydrogen (secondary N) is 2. The highest BCUT2D eigenvalue weighted by molar-refractivity contribution is 6.48. The second kappa shape index (κ2) is 6.69. The van der Waals surface area contributed by atoms with Gasteiger partial charge in [-0.05, 0) is 35.4 Å². The van der Waals surface area contributed by atoms with E-state index in [9.17, 15) is 9.59 Å². The number of ketones is 2. The number of aromatic nitrogens is 2. The molecule has 26 heavy (non-hydrogen) atoms. The Labute approximate surface area is 150 Å². The van der Waals surface area contributed by atoms with Crippen molar-refractivity contribution in [3.05, 3.63) is 96.3 Å². The third-order valence-corrected chi connectivity index (χ3v) is 4.24. The first kappa shape index (κ1) is 15.8. The van der Waals surface area contributed by atoms with E-state index in [-0.39, 0.29) is 11.4 Å². The van der Waals surface area contributed by atoms with Gasteiger partial charge in [0.1, 0.15) is 0 Å². The highest BCUT2D eigenvalue weighted by Gasteiger charge is 2.21. The molecule has 0 aliphatic heterocycles. The molecule has 4 nitrogen and oxygen atoms in total. The molecule has 0 saturated carbocycles. The molecule has 4 heteroatoms. The fraction of sp³-hybridized carbons (Fsp3) is 0. The van der Waals surface area contributed by atoms with Gasteiger partial charge >= 0.3 is 0 Å². The van der Waals surface area contributed by atoms with Crippen LogP contribution in [-0.2, 0) is 0 Å². The summed E-state index contributed by atoms with van der Waals surface area (Å²) in [5.74, 6) is -1.12. The standard InChI is InChI=1S/C22H16N2O2/c25-21(19-13-11-17(23-19)15-7-3-1-4-8-15)22(26)20-14-12-18(24-20)16-9-5-2-6-10-16/h1-14,23-24H. The SMILES string of the molecule is O=C(C(=O)c1ccc(-c2ccccc2)[nH]1)c1ccc(-c2ccccc2)[nH]1. The molecular weight excluding hydrogens is 324 g/mol. The zero-order valence-electron chi connectivity index (χ0n) is 13.9. The minimum absolute atomic E-state index is 0.282. The molecule has 0 saturated heterocycles. The van der Waals surface area contributed by atoms with Gasteiger partial charge in [-0.3, -0.25) is 9.59 Å². The van der Waals surface area contributed by atoms with Crippen LogP contribution in [0.1, 0.15) is 21.0 Å². The van der Waals surface area contributed by atoms with Gasteiger partial charge in [0.15, 0.2) is 0 Å². The van der Waals surface area contributed by atoms with Gasteiger partial charge in [0.05, 0.1) is 11.4 Å². The third-order valence-electron chi connectivity index (χ3n) is 4.24. The molecule has 2 aromatic carbocycles. The monoisotopic (exact) mass is 340 g/mol. The van der Waals surface area contributed by atoms with E-state index in [2.05, 4.69) is 9.97 Å². The summed E-state index contributed by atoms with van der Waals surface area (Å²) in [7, 11) is 0. The van der Waals surface area contributed by atoms with Crippen molar-refractivity contribution in [2.75, 3.05) is 0 Å². The summed E-state index contributed by atoms with van der Waals surface area (Å²) in [4.78, 5) is 31.1. The molecule has 0 amide bonds. The number of Topliss-reactive ketones (excluding diaryl/α,β-unsaturated/α-hetero) is 2. The summed E-state index contributed by atoms with van der Waals surface area (Å²) in [5, 5.41) is 0. The van der Waals surface area contributed by atoms with Crippen LogP contribution in [0.15, 0.2) is 84.9 Å². The highest BCUT2D eigenvalue weighted by Crippen LogP contribution is 2.21. The maximum atomic E-state index is 12.5. The summed E-state index contributed by atoms with van der Waals surface area (Å²) in [6.07, 6.45) is 0. The molecule has 2 N–H and O–H groups in total. The lowest BCUT2D eigenvalue weighted by molar-refractivity contribution is 0.0812. The molecule has 0 aliphatic rings. The van der Waals surface area contributed by atoms with Crippen LogP contribution in [0.4, 0.5) is 0 Å². The van der Waals surface area contributed by atoms with Crippen molar-refractivity contribution in [1.82, 2.24) is 9.97 Å². The zero-order chi connectivity index (χ0) is 17.9. The minimum Gasteiger partial charge on any atom is -0.352 e. The Morgan fingerprint density at radius 1 is 0.500 bits per heavy atom. The first-order chi connectivity index (χ1) is 12.7. The Bertz CT molecular complexity index is 972. The highest BCUT2D eigenvalue weighted by atomic mass is 16.2. The number of benzene rings is 2. The number of carbonyl (C=O) groups excluding carboxylic acids is 2. The lowest BCUT2D eigenvalue weighted by Gasteiger charge is -1.99. The number of hydrogen-bond donors (Lipinski definition) is 2. The van der Waals surface area contributed by atoms with Gasteiger partial charge in [0.25, 0.3) is 11.6 Å². The predicted octanol–water partition coefficient (Wildman–Crippen LogP) is 4.74. The molecule has 0 aliphatic carbocycles. The summed E-state index contributed by atoms with van der Waals surface area (Å²) in [5.41, 5.74) is 4.10. The molecule has 2 aromatic heterocycles. The number of rotatable bonds is 5. The van der Waals surface area contributed by atoms with Crippen LogP contribution in [0.2, 0.25) is 0 Å². The van der Waals surface area contributed by atoms with E-state index in [0.717, 1.165) is 22.5 Å². The van der Waals surface area contributed by atoms with Gasteiger partial charge in [0.2, 0.25) is 0 Å². The predicted molar refractivity (Wildman–Crippen MR) is 101 cm³/mol. The van der Waals surface area contributed by atoms with Crippen molar-refractivity contribution in [1.29, 1.82) is 0 Å². The lowest BCUT2D eigenvalue weighted by Crippen LogP contribution is -2.15. The molecule has 126 valence electrons. The molecule has 4 aromatic rings. The summed E-state index contributed by atoms with van der Waals surface area (Å²) in [6.45, 7) is 0. The van der Waals surface area contributed by atoms with E-state index in [1.54, 1.807) is 24.3 Å². The van der Waals surface area contributed by atoms with Crippen LogP contribution in [0.25, 0.3) is 22.5 Å². The average molecular weight is 340 g/mol. The Hall–Kier alpha value is -3.66. The zero-order valence-corrected chi connectivity index (χ0v) is 13.9. The molecule has 0 radical (unpaired) electrons. The van der Waals surface area contributed by atoms with Crippen LogP contribution in [0.5, 0.6) is 0 Å². The first-order valence-electron chi connectivity index (χ1n) is 8.30.